The van der Waals surface area contributed by atoms with E-state index in [2.05, 4.69) is 21.1 Å². The molecule has 0 radical (unpaired) electrons. The zero-order valence-corrected chi connectivity index (χ0v) is 20.9. The van der Waals surface area contributed by atoms with Crippen LogP contribution < -0.4 is 10.9 Å². The molecule has 0 aliphatic carbocycles. The Morgan fingerprint density at radius 2 is 1.94 bits per heavy atom. The molecule has 1 N–H and O–H groups in total. The Morgan fingerprint density at radius 3 is 2.62 bits per heavy atom. The first-order valence-corrected chi connectivity index (χ1v) is 12.6. The van der Waals surface area contributed by atoms with Crippen molar-refractivity contribution in [1.29, 1.82) is 5.26 Å². The van der Waals surface area contributed by atoms with Crippen molar-refractivity contribution in [2.24, 2.45) is 5.92 Å². The van der Waals surface area contributed by atoms with Crippen LogP contribution >= 0.6 is 11.8 Å². The lowest BCUT2D eigenvalue weighted by Gasteiger charge is -2.29. The van der Waals surface area contributed by atoms with Gasteiger partial charge >= 0.3 is 0 Å². The number of carbonyl (C=O) groups excluding carboxylic acids is 1. The Morgan fingerprint density at radius 1 is 1.21 bits per heavy atom. The molecule has 8 nitrogen and oxygen atoms in total. The maximum atomic E-state index is 13.4. The summed E-state index contributed by atoms with van der Waals surface area (Å²) in [5, 5.41) is 17.2. The molecular weight excluding hydrogens is 448 g/mol. The van der Waals surface area contributed by atoms with Gasteiger partial charge in [-0.3, -0.25) is 9.59 Å². The molecule has 1 amide bonds. The molecule has 0 spiro atoms. The Bertz CT molecular complexity index is 1260. The molecule has 0 saturated carbocycles. The van der Waals surface area contributed by atoms with Crippen LogP contribution in [-0.2, 0) is 17.8 Å². The summed E-state index contributed by atoms with van der Waals surface area (Å²) in [6.45, 7) is 8.12. The van der Waals surface area contributed by atoms with Crippen LogP contribution in [-0.4, -0.2) is 36.0 Å². The van der Waals surface area contributed by atoms with Crippen LogP contribution in [0.2, 0.25) is 0 Å². The zero-order chi connectivity index (χ0) is 24.5. The van der Waals surface area contributed by atoms with Gasteiger partial charge in [-0.25, -0.2) is 4.98 Å². The van der Waals surface area contributed by atoms with Gasteiger partial charge in [0.15, 0.2) is 11.0 Å². The lowest BCUT2D eigenvalue weighted by Crippen LogP contribution is -2.51. The van der Waals surface area contributed by atoms with Crippen LogP contribution in [0.3, 0.4) is 0 Å². The lowest BCUT2D eigenvalue weighted by molar-refractivity contribution is -0.121. The molecule has 2 atom stereocenters. The highest BCUT2D eigenvalue weighted by molar-refractivity contribution is 8.00. The monoisotopic (exact) mass is 478 g/mol. The van der Waals surface area contributed by atoms with E-state index in [0.717, 1.165) is 37.9 Å². The number of hydrogen-bond donors (Lipinski definition) is 1. The third kappa shape index (κ3) is 4.47. The summed E-state index contributed by atoms with van der Waals surface area (Å²) in [4.78, 5) is 31.1. The number of nitriles is 1. The molecule has 3 aliphatic heterocycles. The number of amides is 1. The number of para-hydroxylation sites is 1. The predicted molar refractivity (Wildman–Crippen MR) is 132 cm³/mol. The summed E-state index contributed by atoms with van der Waals surface area (Å²) >= 11 is 1.34. The van der Waals surface area contributed by atoms with E-state index >= 15 is 0 Å². The summed E-state index contributed by atoms with van der Waals surface area (Å²) in [7, 11) is 0. The summed E-state index contributed by atoms with van der Waals surface area (Å²) < 4.78 is 3.50. The van der Waals surface area contributed by atoms with Crippen LogP contribution in [0.4, 0.5) is 0 Å². The van der Waals surface area contributed by atoms with E-state index in [1.807, 2.05) is 51.1 Å². The molecular formula is C25H30N6O2S. The third-order valence-corrected chi connectivity index (χ3v) is 7.68. The van der Waals surface area contributed by atoms with Crippen molar-refractivity contribution in [1.82, 2.24) is 24.6 Å². The number of nitrogens with one attached hydrogen (secondary N) is 1. The fourth-order valence-corrected chi connectivity index (χ4v) is 5.01. The molecule has 178 valence electrons. The Hall–Kier alpha value is -3.12. The molecule has 0 bridgehead atoms. The quantitative estimate of drug-likeness (QED) is 0.427. The zero-order valence-electron chi connectivity index (χ0n) is 20.0. The van der Waals surface area contributed by atoms with Gasteiger partial charge in [-0.05, 0) is 51.2 Å². The molecule has 4 rings (SSSR count). The smallest absolute Gasteiger partial charge is 0.284 e. The highest BCUT2D eigenvalue weighted by atomic mass is 32.2. The van der Waals surface area contributed by atoms with E-state index in [9.17, 15) is 14.9 Å². The Labute approximate surface area is 203 Å². The molecule has 0 fully saturated rings. The largest absolute Gasteiger partial charge is 0.337 e. The van der Waals surface area contributed by atoms with E-state index in [1.165, 1.54) is 16.4 Å². The summed E-state index contributed by atoms with van der Waals surface area (Å²) in [5.41, 5.74) is 1.09. The summed E-state index contributed by atoms with van der Waals surface area (Å²) in [6, 6.07) is 11.6. The van der Waals surface area contributed by atoms with Gasteiger partial charge in [0.25, 0.3) is 5.56 Å². The minimum Gasteiger partial charge on any atom is -0.337 e. The van der Waals surface area contributed by atoms with Crippen LogP contribution in [0.5, 0.6) is 0 Å². The molecule has 3 heterocycles. The van der Waals surface area contributed by atoms with Gasteiger partial charge in [0, 0.05) is 12.2 Å². The highest BCUT2D eigenvalue weighted by Gasteiger charge is 2.33. The normalized spacial score (nSPS) is 16.4. The topological polar surface area (TPSA) is 106 Å². The van der Waals surface area contributed by atoms with Crippen molar-refractivity contribution in [3.05, 3.63) is 46.4 Å². The van der Waals surface area contributed by atoms with Crippen LogP contribution in [0.25, 0.3) is 17.1 Å². The first-order valence-electron chi connectivity index (χ1n) is 11.7. The third-order valence-electron chi connectivity index (χ3n) is 6.59. The first-order chi connectivity index (χ1) is 16.2. The van der Waals surface area contributed by atoms with Crippen LogP contribution in [0, 0.1) is 17.2 Å². The second-order valence-corrected chi connectivity index (χ2v) is 10.6. The van der Waals surface area contributed by atoms with Gasteiger partial charge in [0.1, 0.15) is 11.1 Å². The lowest BCUT2D eigenvalue weighted by atomic mass is 9.90. The molecule has 34 heavy (non-hydrogen) atoms. The molecule has 0 saturated heterocycles. The van der Waals surface area contributed by atoms with Gasteiger partial charge in [0.05, 0.1) is 17.0 Å². The highest BCUT2D eigenvalue weighted by Crippen LogP contribution is 2.32. The van der Waals surface area contributed by atoms with Crippen molar-refractivity contribution in [3.8, 4) is 23.1 Å². The van der Waals surface area contributed by atoms with Gasteiger partial charge in [-0.1, -0.05) is 50.2 Å². The number of thioether (sulfide) groups is 1. The SMILES string of the molecule is CC(Sc1nc2nn(-c3ccccc3)c(=O)c-2c2n1CCCCC2)C(=O)NC(C)(C#N)C(C)C. The molecule has 9 heteroatoms. The van der Waals surface area contributed by atoms with E-state index in [0.29, 0.717) is 22.2 Å². The minimum atomic E-state index is -0.945. The Kier molecular flexibility index (Phi) is 6.80. The number of rotatable bonds is 6. The van der Waals surface area contributed by atoms with E-state index in [1.54, 1.807) is 6.92 Å². The van der Waals surface area contributed by atoms with Crippen molar-refractivity contribution < 1.29 is 4.79 Å². The Balaban J connectivity index is 1.74. The number of fused-ring (bicyclic) bond motifs is 3. The number of aromatic nitrogens is 4. The van der Waals surface area contributed by atoms with E-state index < -0.39 is 10.8 Å². The number of benzene rings is 1. The maximum Gasteiger partial charge on any atom is 0.284 e. The minimum absolute atomic E-state index is 0.0313. The molecule has 3 aliphatic rings. The fraction of sp³-hybridized carbons (Fsp3) is 0.480. The second-order valence-electron chi connectivity index (χ2n) is 9.27. The average molecular weight is 479 g/mol. The van der Waals surface area contributed by atoms with E-state index in [-0.39, 0.29) is 17.4 Å². The van der Waals surface area contributed by atoms with Gasteiger partial charge < -0.3 is 9.88 Å². The fourth-order valence-electron chi connectivity index (χ4n) is 4.06. The van der Waals surface area contributed by atoms with Crippen LogP contribution in [0.1, 0.15) is 52.7 Å². The maximum absolute atomic E-state index is 13.4. The van der Waals surface area contributed by atoms with Gasteiger partial charge in [-0.15, -0.1) is 5.10 Å². The van der Waals surface area contributed by atoms with Crippen molar-refractivity contribution in [3.63, 3.8) is 0 Å². The van der Waals surface area contributed by atoms with E-state index in [4.69, 9.17) is 4.98 Å². The number of carbonyl (C=O) groups is 1. The van der Waals surface area contributed by atoms with Gasteiger partial charge in [0.2, 0.25) is 5.91 Å². The first kappa shape index (κ1) is 24.0. The van der Waals surface area contributed by atoms with Gasteiger partial charge in [-0.2, -0.15) is 9.94 Å². The summed E-state index contributed by atoms with van der Waals surface area (Å²) in [5.74, 6) is 0.157. The standard InChI is InChI=1S/C25H30N6O2S/c1-16(2)25(4,15-26)28-22(32)17(3)34-24-27-21-20(19-13-9-6-10-14-30(19)24)23(33)31(29-21)18-11-7-5-8-12-18/h5,7-8,11-12,16-17H,6,9-10,13-14H2,1-4H3,(H,28,32). The molecule has 1 aromatic rings. The molecule has 0 aromatic heterocycles. The second kappa shape index (κ2) is 9.63. The number of hydrogen-bond acceptors (Lipinski definition) is 6. The predicted octanol–water partition coefficient (Wildman–Crippen LogP) is 3.80. The van der Waals surface area contributed by atoms with Crippen molar-refractivity contribution in [2.45, 2.75) is 75.9 Å². The molecule has 2 unspecified atom stereocenters. The average Bonchev–Trinajstić information content (AvgIpc) is 2.99. The van der Waals surface area contributed by atoms with Crippen molar-refractivity contribution in [2.75, 3.05) is 0 Å². The summed E-state index contributed by atoms with van der Waals surface area (Å²) in [6.07, 6.45) is 3.81. The van der Waals surface area contributed by atoms with Crippen molar-refractivity contribution >= 4 is 17.7 Å². The number of nitrogens with zero attached hydrogens (tertiary/aromatic N) is 5. The van der Waals surface area contributed by atoms with Crippen LogP contribution in [0.15, 0.2) is 40.3 Å². The molecule has 1 aromatic carbocycles.